The first kappa shape index (κ1) is 21.0. The van der Waals surface area contributed by atoms with Crippen LogP contribution < -0.4 is 10.3 Å². The molecule has 0 saturated carbocycles. The molecule has 0 radical (unpaired) electrons. The second-order valence-electron chi connectivity index (χ2n) is 8.06. The molecule has 3 heterocycles. The lowest BCUT2D eigenvalue weighted by molar-refractivity contribution is 0.133. The van der Waals surface area contributed by atoms with Gasteiger partial charge < -0.3 is 9.72 Å². The number of ether oxygens (including phenoxy) is 1. The van der Waals surface area contributed by atoms with Gasteiger partial charge in [-0.25, -0.2) is 13.4 Å². The van der Waals surface area contributed by atoms with E-state index in [0.29, 0.717) is 24.4 Å². The van der Waals surface area contributed by atoms with E-state index in [2.05, 4.69) is 16.0 Å². The summed E-state index contributed by atoms with van der Waals surface area (Å²) in [6.07, 6.45) is 4.76. The van der Waals surface area contributed by atoms with Crippen LogP contribution in [0.4, 0.5) is 0 Å². The smallest absolute Gasteiger partial charge is 0.255 e. The lowest BCUT2D eigenvalue weighted by Gasteiger charge is -2.35. The van der Waals surface area contributed by atoms with Crippen LogP contribution in [0.25, 0.3) is 0 Å². The third-order valence-electron chi connectivity index (χ3n) is 5.97. The highest BCUT2D eigenvalue weighted by molar-refractivity contribution is 7.88. The summed E-state index contributed by atoms with van der Waals surface area (Å²) in [6.45, 7) is 2.14. The van der Waals surface area contributed by atoms with Crippen molar-refractivity contribution in [3.63, 3.8) is 0 Å². The highest BCUT2D eigenvalue weighted by Gasteiger charge is 2.30. The van der Waals surface area contributed by atoms with Gasteiger partial charge in [0, 0.05) is 26.1 Å². The van der Waals surface area contributed by atoms with Crippen LogP contribution in [0.15, 0.2) is 29.1 Å². The maximum absolute atomic E-state index is 12.8. The number of H-pyrrole nitrogens is 1. The number of fused-ring (bicyclic) bond motifs is 1. The number of nitrogens with zero attached hydrogens (tertiary/aromatic N) is 3. The fourth-order valence-corrected chi connectivity index (χ4v) is 5.14. The van der Waals surface area contributed by atoms with Crippen molar-refractivity contribution in [2.24, 2.45) is 0 Å². The summed E-state index contributed by atoms with van der Waals surface area (Å²) in [6, 6.07) is 8.07. The number of sulfonamides is 1. The largest absolute Gasteiger partial charge is 0.497 e. The van der Waals surface area contributed by atoms with Crippen LogP contribution in [0.1, 0.15) is 47.9 Å². The summed E-state index contributed by atoms with van der Waals surface area (Å²) in [5.41, 5.74) is 2.12. The zero-order chi connectivity index (χ0) is 21.3. The van der Waals surface area contributed by atoms with Gasteiger partial charge in [0.2, 0.25) is 10.0 Å². The molecule has 9 heteroatoms. The number of methoxy groups -OCH3 is 1. The first-order valence-corrected chi connectivity index (χ1v) is 12.1. The van der Waals surface area contributed by atoms with Gasteiger partial charge in [0.25, 0.3) is 5.56 Å². The summed E-state index contributed by atoms with van der Waals surface area (Å²) in [7, 11) is -1.67. The van der Waals surface area contributed by atoms with E-state index in [1.165, 1.54) is 10.6 Å². The number of benzene rings is 1. The highest BCUT2D eigenvalue weighted by atomic mass is 32.2. The van der Waals surface area contributed by atoms with E-state index in [9.17, 15) is 13.2 Å². The Kier molecular flexibility index (Phi) is 5.95. The molecule has 1 aromatic carbocycles. The van der Waals surface area contributed by atoms with Crippen LogP contribution in [0, 0.1) is 0 Å². The van der Waals surface area contributed by atoms with Crippen LogP contribution >= 0.6 is 0 Å². The van der Waals surface area contributed by atoms with E-state index in [4.69, 9.17) is 9.72 Å². The molecule has 162 valence electrons. The van der Waals surface area contributed by atoms with E-state index in [1.807, 2.05) is 18.2 Å². The van der Waals surface area contributed by atoms with Crippen LogP contribution in [0.5, 0.6) is 5.75 Å². The topological polar surface area (TPSA) is 95.6 Å². The molecule has 0 spiro atoms. The Balaban J connectivity index is 1.60. The molecule has 1 N–H and O–H groups in total. The molecule has 0 aliphatic carbocycles. The molecule has 1 atom stereocenters. The lowest BCUT2D eigenvalue weighted by atomic mass is 9.99. The molecule has 2 aliphatic rings. The Hall–Kier alpha value is -2.23. The van der Waals surface area contributed by atoms with Crippen LogP contribution in [0.2, 0.25) is 0 Å². The first-order chi connectivity index (χ1) is 14.3. The minimum Gasteiger partial charge on any atom is -0.497 e. The molecule has 0 amide bonds. The molecule has 4 rings (SSSR count). The molecular weight excluding hydrogens is 404 g/mol. The van der Waals surface area contributed by atoms with Crippen molar-refractivity contribution in [3.8, 4) is 5.75 Å². The maximum atomic E-state index is 12.8. The van der Waals surface area contributed by atoms with Crippen molar-refractivity contribution >= 4 is 10.0 Å². The molecule has 8 nitrogen and oxygen atoms in total. The third kappa shape index (κ3) is 4.43. The fraction of sp³-hybridized carbons (Fsp3) is 0.524. The fourth-order valence-electron chi connectivity index (χ4n) is 4.36. The summed E-state index contributed by atoms with van der Waals surface area (Å²) in [4.78, 5) is 22.9. The number of nitrogens with one attached hydrogen (secondary N) is 1. The predicted molar refractivity (Wildman–Crippen MR) is 114 cm³/mol. The van der Waals surface area contributed by atoms with Gasteiger partial charge in [0.1, 0.15) is 11.6 Å². The summed E-state index contributed by atoms with van der Waals surface area (Å²) in [5, 5.41) is 0. The number of aromatic nitrogens is 2. The Morgan fingerprint density at radius 2 is 2.10 bits per heavy atom. The number of likely N-dealkylation sites (tertiary alicyclic amines) is 1. The molecule has 0 unspecified atom stereocenters. The molecular formula is C21H28N4O4S. The van der Waals surface area contributed by atoms with Crippen molar-refractivity contribution < 1.29 is 13.2 Å². The van der Waals surface area contributed by atoms with Gasteiger partial charge in [-0.15, -0.1) is 0 Å². The predicted octanol–water partition coefficient (Wildman–Crippen LogP) is 1.82. The van der Waals surface area contributed by atoms with Crippen LogP contribution in [-0.4, -0.2) is 54.0 Å². The standard InChI is InChI=1S/C21H28N4O4S/c1-29-16-7-5-6-15(12-16)13-24-10-4-3-8-19(24)20-22-18-9-11-25(30(2,27)28)14-17(18)21(26)23-20/h5-7,12,19H,3-4,8-11,13-14H2,1-2H3,(H,22,23,26)/t19-/m0/s1. The van der Waals surface area contributed by atoms with Crippen molar-refractivity contribution in [3.05, 3.63) is 57.3 Å². The van der Waals surface area contributed by atoms with Crippen molar-refractivity contribution in [2.45, 2.75) is 44.8 Å². The molecule has 2 aliphatic heterocycles. The van der Waals surface area contributed by atoms with E-state index in [0.717, 1.165) is 49.4 Å². The zero-order valence-electron chi connectivity index (χ0n) is 17.4. The van der Waals surface area contributed by atoms with Gasteiger partial charge >= 0.3 is 0 Å². The van der Waals surface area contributed by atoms with Crippen molar-refractivity contribution in [1.82, 2.24) is 19.2 Å². The minimum absolute atomic E-state index is 0.0379. The van der Waals surface area contributed by atoms with E-state index < -0.39 is 10.0 Å². The average Bonchev–Trinajstić information content (AvgIpc) is 2.73. The monoisotopic (exact) mass is 432 g/mol. The molecule has 1 fully saturated rings. The Morgan fingerprint density at radius 1 is 1.27 bits per heavy atom. The number of hydrogen-bond donors (Lipinski definition) is 1. The van der Waals surface area contributed by atoms with Gasteiger partial charge in [-0.05, 0) is 37.1 Å². The molecule has 1 aromatic heterocycles. The number of aromatic amines is 1. The number of hydrogen-bond acceptors (Lipinski definition) is 6. The second-order valence-corrected chi connectivity index (χ2v) is 10.0. The SMILES string of the molecule is COc1cccc(CN2CCCC[C@H]2c2nc3c(c(=O)[nH]2)CN(S(C)(=O)=O)CC3)c1. The molecule has 0 bridgehead atoms. The maximum Gasteiger partial charge on any atom is 0.255 e. The first-order valence-electron chi connectivity index (χ1n) is 10.3. The quantitative estimate of drug-likeness (QED) is 0.774. The van der Waals surface area contributed by atoms with Gasteiger partial charge in [0.15, 0.2) is 0 Å². The third-order valence-corrected chi connectivity index (χ3v) is 7.22. The summed E-state index contributed by atoms with van der Waals surface area (Å²) in [5.74, 6) is 1.52. The zero-order valence-corrected chi connectivity index (χ0v) is 18.2. The van der Waals surface area contributed by atoms with E-state index >= 15 is 0 Å². The molecule has 1 saturated heterocycles. The summed E-state index contributed by atoms with van der Waals surface area (Å²) >= 11 is 0. The normalized spacial score (nSPS) is 20.7. The van der Waals surface area contributed by atoms with Gasteiger partial charge in [-0.1, -0.05) is 18.6 Å². The highest BCUT2D eigenvalue weighted by Crippen LogP contribution is 2.31. The lowest BCUT2D eigenvalue weighted by Crippen LogP contribution is -2.40. The van der Waals surface area contributed by atoms with Crippen molar-refractivity contribution in [1.29, 1.82) is 0 Å². The second kappa shape index (κ2) is 8.49. The number of piperidine rings is 1. The van der Waals surface area contributed by atoms with Gasteiger partial charge in [-0.3, -0.25) is 9.69 Å². The number of rotatable bonds is 5. The molecule has 2 aromatic rings. The Bertz CT molecular complexity index is 1080. The molecule has 30 heavy (non-hydrogen) atoms. The summed E-state index contributed by atoms with van der Waals surface area (Å²) < 4.78 is 30.4. The van der Waals surface area contributed by atoms with Crippen LogP contribution in [0.3, 0.4) is 0 Å². The minimum atomic E-state index is -3.33. The average molecular weight is 433 g/mol. The van der Waals surface area contributed by atoms with E-state index in [1.54, 1.807) is 7.11 Å². The van der Waals surface area contributed by atoms with Gasteiger partial charge in [0.05, 0.1) is 30.7 Å². The Morgan fingerprint density at radius 3 is 2.87 bits per heavy atom. The van der Waals surface area contributed by atoms with Gasteiger partial charge in [-0.2, -0.15) is 4.31 Å². The van der Waals surface area contributed by atoms with E-state index in [-0.39, 0.29) is 18.1 Å². The van der Waals surface area contributed by atoms with Crippen LogP contribution in [-0.2, 0) is 29.5 Å². The Labute approximate surface area is 176 Å². The van der Waals surface area contributed by atoms with Crippen molar-refractivity contribution in [2.75, 3.05) is 26.5 Å².